The summed E-state index contributed by atoms with van der Waals surface area (Å²) in [6.45, 7) is 3.26. The van der Waals surface area contributed by atoms with Crippen molar-refractivity contribution < 1.29 is 4.79 Å². The summed E-state index contributed by atoms with van der Waals surface area (Å²) in [5, 5.41) is 9.12. The molecular weight excluding hydrogens is 224 g/mol. The second-order valence-corrected chi connectivity index (χ2v) is 3.69. The molecule has 0 aliphatic rings. The van der Waals surface area contributed by atoms with Gasteiger partial charge in [-0.05, 0) is 19.1 Å². The lowest BCUT2D eigenvalue weighted by molar-refractivity contribution is 0.112. The summed E-state index contributed by atoms with van der Waals surface area (Å²) in [6, 6.07) is 7.30. The van der Waals surface area contributed by atoms with Crippen molar-refractivity contribution in [1.82, 2.24) is 0 Å². The predicted octanol–water partition coefficient (Wildman–Crippen LogP) is 2.89. The van der Waals surface area contributed by atoms with Gasteiger partial charge in [0.15, 0.2) is 6.29 Å². The number of para-hydroxylation sites is 1. The Balaban J connectivity index is 3.08. The fourth-order valence-corrected chi connectivity index (χ4v) is 1.88. The maximum absolute atomic E-state index is 10.9. The van der Waals surface area contributed by atoms with Crippen LogP contribution >= 0.6 is 11.6 Å². The summed E-state index contributed by atoms with van der Waals surface area (Å²) in [7, 11) is 0. The second kappa shape index (κ2) is 6.14. The number of carbonyl (C=O) groups is 1. The van der Waals surface area contributed by atoms with E-state index in [4.69, 9.17) is 16.9 Å². The van der Waals surface area contributed by atoms with Crippen molar-refractivity contribution in [2.45, 2.75) is 13.3 Å². The van der Waals surface area contributed by atoms with Crippen molar-refractivity contribution in [3.8, 4) is 6.07 Å². The van der Waals surface area contributed by atoms with Crippen LogP contribution in [0.3, 0.4) is 0 Å². The van der Waals surface area contributed by atoms with Crippen molar-refractivity contribution in [3.05, 3.63) is 28.8 Å². The van der Waals surface area contributed by atoms with Crippen molar-refractivity contribution >= 4 is 23.6 Å². The quantitative estimate of drug-likeness (QED) is 0.739. The molecule has 1 aromatic rings. The molecule has 1 rings (SSSR count). The molecule has 84 valence electrons. The van der Waals surface area contributed by atoms with Crippen LogP contribution < -0.4 is 4.90 Å². The SMILES string of the molecule is CCN(CCC#N)c1c(Cl)cccc1C=O. The van der Waals surface area contributed by atoms with E-state index in [0.29, 0.717) is 30.1 Å². The Hall–Kier alpha value is -1.53. The van der Waals surface area contributed by atoms with Gasteiger partial charge >= 0.3 is 0 Å². The molecule has 0 N–H and O–H groups in total. The molecule has 16 heavy (non-hydrogen) atoms. The van der Waals surface area contributed by atoms with E-state index >= 15 is 0 Å². The molecule has 0 aliphatic carbocycles. The van der Waals surface area contributed by atoms with Crippen LogP contribution in [0.5, 0.6) is 0 Å². The fourth-order valence-electron chi connectivity index (χ4n) is 1.57. The first-order valence-electron chi connectivity index (χ1n) is 5.10. The minimum absolute atomic E-state index is 0.414. The standard InChI is InChI=1S/C12H13ClN2O/c1-2-15(8-4-7-14)12-10(9-16)5-3-6-11(12)13/h3,5-6,9H,2,4,8H2,1H3. The summed E-state index contributed by atoms with van der Waals surface area (Å²) < 4.78 is 0. The molecule has 0 unspecified atom stereocenters. The van der Waals surface area contributed by atoms with Gasteiger partial charge in [0.1, 0.15) is 0 Å². The van der Waals surface area contributed by atoms with Crippen LogP contribution in [0, 0.1) is 11.3 Å². The number of hydrogen-bond donors (Lipinski definition) is 0. The van der Waals surface area contributed by atoms with E-state index in [1.54, 1.807) is 18.2 Å². The minimum atomic E-state index is 0.414. The Morgan fingerprint density at radius 2 is 2.31 bits per heavy atom. The van der Waals surface area contributed by atoms with Crippen LogP contribution in [0.2, 0.25) is 5.02 Å². The van der Waals surface area contributed by atoms with E-state index in [0.717, 1.165) is 12.0 Å². The summed E-state index contributed by atoms with van der Waals surface area (Å²) in [4.78, 5) is 12.9. The topological polar surface area (TPSA) is 44.1 Å². The van der Waals surface area contributed by atoms with Gasteiger partial charge in [0.25, 0.3) is 0 Å². The average molecular weight is 237 g/mol. The van der Waals surface area contributed by atoms with Gasteiger partial charge in [-0.1, -0.05) is 17.7 Å². The van der Waals surface area contributed by atoms with Gasteiger partial charge in [0.05, 0.1) is 23.2 Å². The van der Waals surface area contributed by atoms with Crippen LogP contribution in [-0.2, 0) is 0 Å². The van der Waals surface area contributed by atoms with Crippen molar-refractivity contribution in [1.29, 1.82) is 5.26 Å². The molecular formula is C12H13ClN2O. The highest BCUT2D eigenvalue weighted by Crippen LogP contribution is 2.28. The summed E-state index contributed by atoms with van der Waals surface area (Å²) >= 11 is 6.08. The van der Waals surface area contributed by atoms with E-state index < -0.39 is 0 Å². The lowest BCUT2D eigenvalue weighted by atomic mass is 10.1. The molecule has 0 amide bonds. The molecule has 0 fully saturated rings. The largest absolute Gasteiger partial charge is 0.369 e. The van der Waals surface area contributed by atoms with E-state index in [1.165, 1.54) is 0 Å². The van der Waals surface area contributed by atoms with Gasteiger partial charge in [-0.15, -0.1) is 0 Å². The molecule has 0 bridgehead atoms. The van der Waals surface area contributed by atoms with Crippen molar-refractivity contribution in [2.24, 2.45) is 0 Å². The first-order chi connectivity index (χ1) is 7.74. The third kappa shape index (κ3) is 2.74. The highest BCUT2D eigenvalue weighted by molar-refractivity contribution is 6.33. The lowest BCUT2D eigenvalue weighted by Crippen LogP contribution is -2.25. The van der Waals surface area contributed by atoms with Gasteiger partial charge in [0.2, 0.25) is 0 Å². The molecule has 0 saturated carbocycles. The number of rotatable bonds is 5. The normalized spacial score (nSPS) is 9.56. The number of halogens is 1. The van der Waals surface area contributed by atoms with Crippen LogP contribution in [0.1, 0.15) is 23.7 Å². The molecule has 0 radical (unpaired) electrons. The van der Waals surface area contributed by atoms with E-state index in [1.807, 2.05) is 11.8 Å². The molecule has 1 aromatic carbocycles. The first kappa shape index (κ1) is 12.5. The third-order valence-corrected chi connectivity index (χ3v) is 2.64. The number of nitriles is 1. The summed E-state index contributed by atoms with van der Waals surface area (Å²) in [5.74, 6) is 0. The Morgan fingerprint density at radius 3 is 2.88 bits per heavy atom. The molecule has 4 heteroatoms. The van der Waals surface area contributed by atoms with E-state index in [-0.39, 0.29) is 0 Å². The molecule has 0 heterocycles. The molecule has 0 aliphatic heterocycles. The smallest absolute Gasteiger partial charge is 0.152 e. The zero-order chi connectivity index (χ0) is 12.0. The van der Waals surface area contributed by atoms with Crippen LogP contribution in [-0.4, -0.2) is 19.4 Å². The van der Waals surface area contributed by atoms with E-state index in [2.05, 4.69) is 6.07 Å². The van der Waals surface area contributed by atoms with Gasteiger partial charge in [0, 0.05) is 18.7 Å². The highest BCUT2D eigenvalue weighted by atomic mass is 35.5. The Morgan fingerprint density at radius 1 is 1.56 bits per heavy atom. The van der Waals surface area contributed by atoms with Crippen LogP contribution in [0.25, 0.3) is 0 Å². The van der Waals surface area contributed by atoms with Crippen molar-refractivity contribution in [3.63, 3.8) is 0 Å². The number of aldehydes is 1. The molecule has 0 saturated heterocycles. The maximum atomic E-state index is 10.9. The average Bonchev–Trinajstić information content (AvgIpc) is 2.31. The van der Waals surface area contributed by atoms with E-state index in [9.17, 15) is 4.79 Å². The Bertz CT molecular complexity index is 412. The monoisotopic (exact) mass is 236 g/mol. The van der Waals surface area contributed by atoms with Gasteiger partial charge < -0.3 is 4.90 Å². The lowest BCUT2D eigenvalue weighted by Gasteiger charge is -2.24. The Labute approximate surface area is 100 Å². The number of benzene rings is 1. The first-order valence-corrected chi connectivity index (χ1v) is 5.48. The predicted molar refractivity (Wildman–Crippen MR) is 65.0 cm³/mol. The molecule has 3 nitrogen and oxygen atoms in total. The highest BCUT2D eigenvalue weighted by Gasteiger charge is 2.12. The number of nitrogens with zero attached hydrogens (tertiary/aromatic N) is 2. The van der Waals surface area contributed by atoms with Crippen LogP contribution in [0.15, 0.2) is 18.2 Å². The zero-order valence-electron chi connectivity index (χ0n) is 9.11. The molecule has 0 spiro atoms. The third-order valence-electron chi connectivity index (χ3n) is 2.34. The molecule has 0 atom stereocenters. The van der Waals surface area contributed by atoms with Gasteiger partial charge in [-0.2, -0.15) is 5.26 Å². The van der Waals surface area contributed by atoms with Gasteiger partial charge in [-0.3, -0.25) is 4.79 Å². The van der Waals surface area contributed by atoms with Crippen LogP contribution in [0.4, 0.5) is 5.69 Å². The van der Waals surface area contributed by atoms with Crippen molar-refractivity contribution in [2.75, 3.05) is 18.0 Å². The molecule has 0 aromatic heterocycles. The number of hydrogen-bond acceptors (Lipinski definition) is 3. The summed E-state index contributed by atoms with van der Waals surface area (Å²) in [5.41, 5.74) is 1.28. The number of anilines is 1. The maximum Gasteiger partial charge on any atom is 0.152 e. The Kier molecular flexibility index (Phi) is 4.81. The number of carbonyl (C=O) groups excluding carboxylic acids is 1. The zero-order valence-corrected chi connectivity index (χ0v) is 9.87. The van der Waals surface area contributed by atoms with Gasteiger partial charge in [-0.25, -0.2) is 0 Å². The minimum Gasteiger partial charge on any atom is -0.369 e. The fraction of sp³-hybridized carbons (Fsp3) is 0.333. The summed E-state index contributed by atoms with van der Waals surface area (Å²) in [6.07, 6.45) is 1.20. The second-order valence-electron chi connectivity index (χ2n) is 3.28.